The summed E-state index contributed by atoms with van der Waals surface area (Å²) in [6.07, 6.45) is 5.68. The van der Waals surface area contributed by atoms with E-state index in [4.69, 9.17) is 0 Å². The third-order valence-corrected chi connectivity index (χ3v) is 4.26. The molecule has 1 fully saturated rings. The summed E-state index contributed by atoms with van der Waals surface area (Å²) in [5.41, 5.74) is 0. The number of hydrogen-bond acceptors (Lipinski definition) is 4. The van der Waals surface area contributed by atoms with Crippen LogP contribution in [0.15, 0.2) is 0 Å². The molecule has 0 amide bonds. The SMILES string of the molecule is CNC1CCCC(SCCC(=O)OC)C1. The number of ether oxygens (including phenoxy) is 1. The molecule has 1 aliphatic carbocycles. The van der Waals surface area contributed by atoms with E-state index in [0.717, 1.165) is 11.0 Å². The van der Waals surface area contributed by atoms with Gasteiger partial charge >= 0.3 is 5.97 Å². The molecule has 1 N–H and O–H groups in total. The molecule has 15 heavy (non-hydrogen) atoms. The third-order valence-electron chi connectivity index (χ3n) is 2.92. The zero-order chi connectivity index (χ0) is 11.1. The molecule has 0 spiro atoms. The minimum Gasteiger partial charge on any atom is -0.469 e. The number of nitrogens with one attached hydrogen (secondary N) is 1. The van der Waals surface area contributed by atoms with Gasteiger partial charge in [0.2, 0.25) is 0 Å². The molecule has 0 aromatic heterocycles. The fourth-order valence-corrected chi connectivity index (χ4v) is 3.29. The maximum absolute atomic E-state index is 10.9. The van der Waals surface area contributed by atoms with Crippen LogP contribution in [0, 0.1) is 0 Å². The summed E-state index contributed by atoms with van der Waals surface area (Å²) in [6.45, 7) is 0. The van der Waals surface area contributed by atoms with Crippen LogP contribution < -0.4 is 5.32 Å². The summed E-state index contributed by atoms with van der Waals surface area (Å²) >= 11 is 1.92. The Balaban J connectivity index is 2.12. The number of thioether (sulfide) groups is 1. The van der Waals surface area contributed by atoms with Crippen molar-refractivity contribution >= 4 is 17.7 Å². The smallest absolute Gasteiger partial charge is 0.306 e. The normalized spacial score (nSPS) is 26.3. The Kier molecular flexibility index (Phi) is 6.10. The van der Waals surface area contributed by atoms with Gasteiger partial charge in [-0.25, -0.2) is 0 Å². The molecule has 0 aliphatic heterocycles. The number of carbonyl (C=O) groups excluding carboxylic acids is 1. The van der Waals surface area contributed by atoms with Gasteiger partial charge in [-0.3, -0.25) is 4.79 Å². The monoisotopic (exact) mass is 231 g/mol. The van der Waals surface area contributed by atoms with Crippen molar-refractivity contribution in [2.75, 3.05) is 19.9 Å². The molecule has 0 bridgehead atoms. The van der Waals surface area contributed by atoms with E-state index in [1.54, 1.807) is 0 Å². The van der Waals surface area contributed by atoms with Crippen LogP contribution in [0.3, 0.4) is 0 Å². The fraction of sp³-hybridized carbons (Fsp3) is 0.909. The first-order valence-corrected chi connectivity index (χ1v) is 6.66. The highest BCUT2D eigenvalue weighted by molar-refractivity contribution is 7.99. The molecule has 0 aromatic carbocycles. The largest absolute Gasteiger partial charge is 0.469 e. The van der Waals surface area contributed by atoms with E-state index >= 15 is 0 Å². The topological polar surface area (TPSA) is 38.3 Å². The lowest BCUT2D eigenvalue weighted by molar-refractivity contribution is -0.140. The third kappa shape index (κ3) is 4.89. The van der Waals surface area contributed by atoms with Crippen LogP contribution in [0.2, 0.25) is 0 Å². The summed E-state index contributed by atoms with van der Waals surface area (Å²) in [4.78, 5) is 10.9. The second kappa shape index (κ2) is 7.12. The molecular weight excluding hydrogens is 210 g/mol. The van der Waals surface area contributed by atoms with Gasteiger partial charge in [-0.1, -0.05) is 6.42 Å². The first kappa shape index (κ1) is 12.8. The number of carbonyl (C=O) groups is 1. The summed E-state index contributed by atoms with van der Waals surface area (Å²) < 4.78 is 4.62. The molecule has 0 saturated heterocycles. The van der Waals surface area contributed by atoms with Gasteiger partial charge in [0.15, 0.2) is 0 Å². The predicted octanol–water partition coefficient (Wildman–Crippen LogP) is 1.81. The molecule has 0 aromatic rings. The van der Waals surface area contributed by atoms with Crippen LogP contribution in [-0.4, -0.2) is 37.2 Å². The van der Waals surface area contributed by atoms with Gasteiger partial charge in [0.1, 0.15) is 0 Å². The average molecular weight is 231 g/mol. The lowest BCUT2D eigenvalue weighted by atomic mass is 9.95. The molecule has 1 saturated carbocycles. The van der Waals surface area contributed by atoms with Gasteiger partial charge in [-0.15, -0.1) is 0 Å². The molecule has 0 radical (unpaired) electrons. The van der Waals surface area contributed by atoms with Crippen molar-refractivity contribution in [2.45, 2.75) is 43.4 Å². The Bertz CT molecular complexity index is 199. The van der Waals surface area contributed by atoms with Crippen LogP contribution >= 0.6 is 11.8 Å². The van der Waals surface area contributed by atoms with E-state index in [-0.39, 0.29) is 5.97 Å². The zero-order valence-corrected chi connectivity index (χ0v) is 10.4. The van der Waals surface area contributed by atoms with Crippen molar-refractivity contribution in [1.82, 2.24) is 5.32 Å². The Morgan fingerprint density at radius 3 is 3.00 bits per heavy atom. The van der Waals surface area contributed by atoms with E-state index < -0.39 is 0 Å². The molecule has 3 nitrogen and oxygen atoms in total. The van der Waals surface area contributed by atoms with Crippen LogP contribution in [0.5, 0.6) is 0 Å². The van der Waals surface area contributed by atoms with Crippen molar-refractivity contribution in [3.8, 4) is 0 Å². The van der Waals surface area contributed by atoms with Crippen molar-refractivity contribution in [3.05, 3.63) is 0 Å². The summed E-state index contributed by atoms with van der Waals surface area (Å²) in [7, 11) is 3.48. The van der Waals surface area contributed by atoms with Gasteiger partial charge in [0, 0.05) is 17.0 Å². The molecule has 4 heteroatoms. The van der Waals surface area contributed by atoms with Crippen LogP contribution in [0.1, 0.15) is 32.1 Å². The van der Waals surface area contributed by atoms with E-state index in [2.05, 4.69) is 10.1 Å². The first-order valence-electron chi connectivity index (χ1n) is 5.62. The summed E-state index contributed by atoms with van der Waals surface area (Å²) in [5.74, 6) is 0.803. The Labute approximate surface area is 96.3 Å². The van der Waals surface area contributed by atoms with E-state index in [9.17, 15) is 4.79 Å². The molecule has 0 heterocycles. The second-order valence-electron chi connectivity index (χ2n) is 3.97. The van der Waals surface area contributed by atoms with E-state index in [1.165, 1.54) is 32.8 Å². The maximum atomic E-state index is 10.9. The van der Waals surface area contributed by atoms with Crippen molar-refractivity contribution in [1.29, 1.82) is 0 Å². The predicted molar refractivity (Wildman–Crippen MR) is 64.2 cm³/mol. The van der Waals surface area contributed by atoms with Crippen LogP contribution in [-0.2, 0) is 9.53 Å². The number of esters is 1. The fourth-order valence-electron chi connectivity index (χ4n) is 1.97. The van der Waals surface area contributed by atoms with Gasteiger partial charge in [0.25, 0.3) is 0 Å². The van der Waals surface area contributed by atoms with Crippen LogP contribution in [0.25, 0.3) is 0 Å². The molecule has 1 aliphatic rings. The first-order chi connectivity index (χ1) is 7.26. The van der Waals surface area contributed by atoms with Crippen molar-refractivity contribution in [3.63, 3.8) is 0 Å². The van der Waals surface area contributed by atoms with Gasteiger partial charge in [-0.2, -0.15) is 11.8 Å². The van der Waals surface area contributed by atoms with Gasteiger partial charge < -0.3 is 10.1 Å². The lowest BCUT2D eigenvalue weighted by Gasteiger charge is -2.28. The Morgan fingerprint density at radius 2 is 2.33 bits per heavy atom. The molecule has 2 unspecified atom stereocenters. The number of hydrogen-bond donors (Lipinski definition) is 1. The number of rotatable bonds is 5. The average Bonchev–Trinajstić information content (AvgIpc) is 2.29. The minimum absolute atomic E-state index is 0.0940. The molecule has 88 valence electrons. The molecule has 1 rings (SSSR count). The Hall–Kier alpha value is -0.220. The highest BCUT2D eigenvalue weighted by Gasteiger charge is 2.20. The van der Waals surface area contributed by atoms with Gasteiger partial charge in [0.05, 0.1) is 13.5 Å². The van der Waals surface area contributed by atoms with Crippen LogP contribution in [0.4, 0.5) is 0 Å². The minimum atomic E-state index is -0.0940. The lowest BCUT2D eigenvalue weighted by Crippen LogP contribution is -2.32. The van der Waals surface area contributed by atoms with Crippen molar-refractivity contribution in [2.24, 2.45) is 0 Å². The van der Waals surface area contributed by atoms with E-state index in [0.29, 0.717) is 12.5 Å². The molecular formula is C11H21NO2S. The highest BCUT2D eigenvalue weighted by atomic mass is 32.2. The summed E-state index contributed by atoms with van der Waals surface area (Å²) in [5, 5.41) is 4.06. The Morgan fingerprint density at radius 1 is 1.53 bits per heavy atom. The highest BCUT2D eigenvalue weighted by Crippen LogP contribution is 2.28. The number of methoxy groups -OCH3 is 1. The summed E-state index contributed by atoms with van der Waals surface area (Å²) in [6, 6.07) is 0.675. The molecule has 2 atom stereocenters. The standard InChI is InChI=1S/C11H21NO2S/c1-12-9-4-3-5-10(8-9)15-7-6-11(13)14-2/h9-10,12H,3-8H2,1-2H3. The zero-order valence-electron chi connectivity index (χ0n) is 9.62. The van der Waals surface area contributed by atoms with Gasteiger partial charge in [-0.05, 0) is 26.3 Å². The maximum Gasteiger partial charge on any atom is 0.306 e. The van der Waals surface area contributed by atoms with Crippen molar-refractivity contribution < 1.29 is 9.53 Å². The second-order valence-corrected chi connectivity index (χ2v) is 5.38. The van der Waals surface area contributed by atoms with E-state index in [1.807, 2.05) is 18.8 Å². The quantitative estimate of drug-likeness (QED) is 0.732.